The number of carbonyl (C=O) groups is 1. The molecule has 1 aliphatic heterocycles. The second-order valence-corrected chi connectivity index (χ2v) is 6.92. The summed E-state index contributed by atoms with van der Waals surface area (Å²) < 4.78 is 0.969. The average molecular weight is 393 g/mol. The first kappa shape index (κ1) is 15.1. The SMILES string of the molecule is CC1CN(C(=O)c2ccc(I)c(Cl)c2)CC1N(C)C. The first-order valence-electron chi connectivity index (χ1n) is 6.31. The number of benzene rings is 1. The minimum Gasteiger partial charge on any atom is -0.337 e. The number of rotatable bonds is 2. The summed E-state index contributed by atoms with van der Waals surface area (Å²) in [5.74, 6) is 0.577. The summed E-state index contributed by atoms with van der Waals surface area (Å²) in [6, 6.07) is 5.94. The van der Waals surface area contributed by atoms with Crippen LogP contribution in [0.25, 0.3) is 0 Å². The van der Waals surface area contributed by atoms with Crippen molar-refractivity contribution in [3.05, 3.63) is 32.4 Å². The minimum atomic E-state index is 0.0782. The zero-order valence-corrected chi connectivity index (χ0v) is 14.3. The fraction of sp³-hybridized carbons (Fsp3) is 0.500. The Hall–Kier alpha value is -0.330. The smallest absolute Gasteiger partial charge is 0.253 e. The number of nitrogens with zero attached hydrogens (tertiary/aromatic N) is 2. The first-order chi connectivity index (χ1) is 8.90. The Balaban J connectivity index is 2.15. The number of carbonyl (C=O) groups excluding carboxylic acids is 1. The van der Waals surface area contributed by atoms with Gasteiger partial charge in [-0.1, -0.05) is 18.5 Å². The van der Waals surface area contributed by atoms with E-state index in [-0.39, 0.29) is 5.91 Å². The van der Waals surface area contributed by atoms with Gasteiger partial charge < -0.3 is 9.80 Å². The maximum absolute atomic E-state index is 12.5. The molecule has 1 aromatic rings. The van der Waals surface area contributed by atoms with Gasteiger partial charge in [0.05, 0.1) is 5.02 Å². The van der Waals surface area contributed by atoms with Crippen molar-refractivity contribution in [3.63, 3.8) is 0 Å². The molecule has 3 nitrogen and oxygen atoms in total. The van der Waals surface area contributed by atoms with Crippen molar-refractivity contribution in [2.24, 2.45) is 5.92 Å². The number of likely N-dealkylation sites (tertiary alicyclic amines) is 1. The van der Waals surface area contributed by atoms with Crippen molar-refractivity contribution >= 4 is 40.1 Å². The molecule has 0 spiro atoms. The molecule has 0 N–H and O–H groups in total. The Morgan fingerprint density at radius 1 is 1.42 bits per heavy atom. The van der Waals surface area contributed by atoms with Crippen molar-refractivity contribution in [1.29, 1.82) is 0 Å². The molecule has 19 heavy (non-hydrogen) atoms. The monoisotopic (exact) mass is 392 g/mol. The summed E-state index contributed by atoms with van der Waals surface area (Å²) in [5, 5.41) is 0.642. The largest absolute Gasteiger partial charge is 0.337 e. The lowest BCUT2D eigenvalue weighted by Gasteiger charge is -2.22. The summed E-state index contributed by atoms with van der Waals surface area (Å²) in [4.78, 5) is 16.6. The van der Waals surface area contributed by atoms with Crippen LogP contribution in [0, 0.1) is 9.49 Å². The highest BCUT2D eigenvalue weighted by atomic mass is 127. The van der Waals surface area contributed by atoms with Crippen molar-refractivity contribution in [2.75, 3.05) is 27.2 Å². The third kappa shape index (κ3) is 3.23. The fourth-order valence-corrected chi connectivity index (χ4v) is 3.12. The van der Waals surface area contributed by atoms with E-state index in [1.807, 2.05) is 17.0 Å². The van der Waals surface area contributed by atoms with Gasteiger partial charge in [-0.25, -0.2) is 0 Å². The summed E-state index contributed by atoms with van der Waals surface area (Å²) in [7, 11) is 4.13. The topological polar surface area (TPSA) is 23.6 Å². The molecule has 1 amide bonds. The van der Waals surface area contributed by atoms with Crippen LogP contribution in [0.3, 0.4) is 0 Å². The van der Waals surface area contributed by atoms with Crippen LogP contribution < -0.4 is 0 Å². The zero-order chi connectivity index (χ0) is 14.2. The van der Waals surface area contributed by atoms with Gasteiger partial charge in [-0.15, -0.1) is 0 Å². The average Bonchev–Trinajstić information content (AvgIpc) is 2.74. The second kappa shape index (κ2) is 5.97. The van der Waals surface area contributed by atoms with E-state index < -0.39 is 0 Å². The maximum atomic E-state index is 12.5. The predicted octanol–water partition coefficient (Wildman–Crippen LogP) is 2.97. The summed E-state index contributed by atoms with van der Waals surface area (Å²) in [5.41, 5.74) is 0.678. The Morgan fingerprint density at radius 2 is 2.11 bits per heavy atom. The molecule has 0 radical (unpaired) electrons. The van der Waals surface area contributed by atoms with Crippen molar-refractivity contribution in [3.8, 4) is 0 Å². The molecule has 1 heterocycles. The lowest BCUT2D eigenvalue weighted by molar-refractivity contribution is 0.0781. The number of likely N-dealkylation sites (N-methyl/N-ethyl adjacent to an activating group) is 1. The third-order valence-corrected chi connectivity index (χ3v) is 5.26. The van der Waals surface area contributed by atoms with Crippen LogP contribution in [0.15, 0.2) is 18.2 Å². The molecule has 0 aromatic heterocycles. The van der Waals surface area contributed by atoms with Gasteiger partial charge in [0.15, 0.2) is 0 Å². The highest BCUT2D eigenvalue weighted by Crippen LogP contribution is 2.24. The van der Waals surface area contributed by atoms with Crippen LogP contribution >= 0.6 is 34.2 Å². The van der Waals surface area contributed by atoms with Crippen LogP contribution in [0.4, 0.5) is 0 Å². The molecular weight excluding hydrogens is 375 g/mol. The molecule has 104 valence electrons. The first-order valence-corrected chi connectivity index (χ1v) is 7.76. The molecule has 1 aliphatic rings. The van der Waals surface area contributed by atoms with E-state index in [4.69, 9.17) is 11.6 Å². The summed E-state index contributed by atoms with van der Waals surface area (Å²) >= 11 is 8.25. The molecule has 5 heteroatoms. The maximum Gasteiger partial charge on any atom is 0.253 e. The molecule has 1 aromatic carbocycles. The van der Waals surface area contributed by atoms with E-state index in [0.29, 0.717) is 22.5 Å². The van der Waals surface area contributed by atoms with Crippen LogP contribution in [0.2, 0.25) is 5.02 Å². The van der Waals surface area contributed by atoms with Gasteiger partial charge in [0, 0.05) is 28.3 Å². The third-order valence-electron chi connectivity index (χ3n) is 3.69. The second-order valence-electron chi connectivity index (χ2n) is 5.35. The Morgan fingerprint density at radius 3 is 2.63 bits per heavy atom. The van der Waals surface area contributed by atoms with Crippen molar-refractivity contribution in [1.82, 2.24) is 9.80 Å². The number of amides is 1. The predicted molar refractivity (Wildman–Crippen MR) is 86.7 cm³/mol. The summed E-state index contributed by atoms with van der Waals surface area (Å²) in [6.07, 6.45) is 0. The Bertz CT molecular complexity index is 492. The standard InChI is InChI=1S/C14H18ClIN2O/c1-9-7-18(8-13(9)17(2)3)14(19)10-4-5-12(16)11(15)6-10/h4-6,9,13H,7-8H2,1-3H3. The molecule has 1 saturated heterocycles. The number of hydrogen-bond donors (Lipinski definition) is 0. The van der Waals surface area contributed by atoms with Gasteiger partial charge in [-0.3, -0.25) is 4.79 Å². The molecule has 0 bridgehead atoms. The normalized spacial score (nSPS) is 23.2. The number of hydrogen-bond acceptors (Lipinski definition) is 2. The summed E-state index contributed by atoms with van der Waals surface area (Å²) in [6.45, 7) is 3.79. The Labute approximate surface area is 133 Å². The van der Waals surface area contributed by atoms with Gasteiger partial charge in [-0.2, -0.15) is 0 Å². The minimum absolute atomic E-state index is 0.0782. The molecule has 0 aliphatic carbocycles. The van der Waals surface area contributed by atoms with E-state index in [1.165, 1.54) is 0 Å². The van der Waals surface area contributed by atoms with Crippen molar-refractivity contribution < 1.29 is 4.79 Å². The van der Waals surface area contributed by atoms with Crippen LogP contribution in [-0.4, -0.2) is 48.9 Å². The highest BCUT2D eigenvalue weighted by molar-refractivity contribution is 14.1. The van der Waals surface area contributed by atoms with Crippen LogP contribution in [0.5, 0.6) is 0 Å². The molecule has 2 rings (SSSR count). The molecule has 1 fully saturated rings. The van der Waals surface area contributed by atoms with E-state index in [9.17, 15) is 4.79 Å². The lowest BCUT2D eigenvalue weighted by atomic mass is 10.1. The molecule has 2 unspecified atom stereocenters. The van der Waals surface area contributed by atoms with Gasteiger partial charge in [0.1, 0.15) is 0 Å². The van der Waals surface area contributed by atoms with Gasteiger partial charge in [-0.05, 0) is 60.8 Å². The molecule has 2 atom stereocenters. The fourth-order valence-electron chi connectivity index (χ4n) is 2.60. The molecular formula is C14H18ClIN2O. The van der Waals surface area contributed by atoms with Crippen LogP contribution in [0.1, 0.15) is 17.3 Å². The van der Waals surface area contributed by atoms with Crippen molar-refractivity contribution in [2.45, 2.75) is 13.0 Å². The highest BCUT2D eigenvalue weighted by Gasteiger charge is 2.33. The quantitative estimate of drug-likeness (QED) is 0.723. The zero-order valence-electron chi connectivity index (χ0n) is 11.4. The molecule has 0 saturated carbocycles. The lowest BCUT2D eigenvalue weighted by Crippen LogP contribution is -2.35. The van der Waals surface area contributed by atoms with Crippen LogP contribution in [-0.2, 0) is 0 Å². The van der Waals surface area contributed by atoms with E-state index in [2.05, 4.69) is 48.5 Å². The number of halogens is 2. The van der Waals surface area contributed by atoms with E-state index in [0.717, 1.165) is 16.7 Å². The van der Waals surface area contributed by atoms with Gasteiger partial charge >= 0.3 is 0 Å². The van der Waals surface area contributed by atoms with Gasteiger partial charge in [0.2, 0.25) is 0 Å². The van der Waals surface area contributed by atoms with E-state index >= 15 is 0 Å². The Kier molecular flexibility index (Phi) is 4.74. The van der Waals surface area contributed by atoms with Gasteiger partial charge in [0.25, 0.3) is 5.91 Å². The van der Waals surface area contributed by atoms with E-state index in [1.54, 1.807) is 6.07 Å².